The molecule has 12 nitrogen and oxygen atoms in total. The Morgan fingerprint density at radius 2 is 1.03 bits per heavy atom. The summed E-state index contributed by atoms with van der Waals surface area (Å²) in [5.74, 6) is -2.67. The number of halogens is 1. The van der Waals surface area contributed by atoms with Crippen LogP contribution in [0.4, 0.5) is 0 Å². The molecule has 2 heterocycles. The Hall–Kier alpha value is -3.20. The maximum Gasteiger partial charge on any atom is 0.340 e. The van der Waals surface area contributed by atoms with E-state index in [1.807, 2.05) is 0 Å². The smallest absolute Gasteiger partial charge is 0.340 e. The number of imide groups is 2. The van der Waals surface area contributed by atoms with Gasteiger partial charge in [0.1, 0.15) is 6.61 Å². The molecular formula is C24H32IN2O10-. The third kappa shape index (κ3) is 13.6. The summed E-state index contributed by atoms with van der Waals surface area (Å²) in [5, 5.41) is 8.42. The third-order valence-corrected chi connectivity index (χ3v) is 4.41. The molecule has 2 saturated heterocycles. The van der Waals surface area contributed by atoms with Crippen LogP contribution in [0.3, 0.4) is 0 Å². The fraction of sp³-hybridized carbons (Fsp3) is 0.458. The third-order valence-electron chi connectivity index (χ3n) is 4.41. The summed E-state index contributed by atoms with van der Waals surface area (Å²) in [5.41, 5.74) is 0.688. The van der Waals surface area contributed by atoms with Crippen LogP contribution in [-0.2, 0) is 43.0 Å². The number of nitrogens with zero attached hydrogens (tertiary/aromatic N) is 2. The number of β-amino-alcohol motifs (C(OH)–C–C–N with tert-alkyl or cyclic N) is 1. The van der Waals surface area contributed by atoms with Gasteiger partial charge < -0.3 is 38.6 Å². The lowest BCUT2D eigenvalue weighted by Crippen LogP contribution is -3.00. The van der Waals surface area contributed by atoms with Crippen LogP contribution < -0.4 is 24.0 Å². The molecule has 1 N–H and O–H groups in total. The summed E-state index contributed by atoms with van der Waals surface area (Å²) in [7, 11) is 0. The largest absolute Gasteiger partial charge is 1.00 e. The van der Waals surface area contributed by atoms with Crippen molar-refractivity contribution in [1.82, 2.24) is 9.80 Å². The zero-order valence-corrected chi connectivity index (χ0v) is 23.3. The summed E-state index contributed by atoms with van der Waals surface area (Å²) in [6.07, 6.45) is 1.12. The SMILES string of the molecule is C=C(C)C(=O)OC(=O)C(=C)C.C=C(C)C(=O)OCCN1C(=O)CCC1=O.O=C1CCC(=O)N1CCO.[I-]. The van der Waals surface area contributed by atoms with E-state index < -0.39 is 17.9 Å². The standard InChI is InChI=1S/C10H13NO4.C8H10O3.C6H9NO3.HI/c1-7(2)10(14)15-6-5-11-8(12)3-4-9(11)13;1-5(2)7(9)11-8(10)6(3)4;8-4-3-7-5(9)1-2-6(7)10;/h1,3-6H2,2H3;1,3H2,2,4H3;8H,1-4H2;1H/p-1. The summed E-state index contributed by atoms with van der Waals surface area (Å²) in [6.45, 7) is 14.7. The van der Waals surface area contributed by atoms with Gasteiger partial charge in [0.25, 0.3) is 0 Å². The van der Waals surface area contributed by atoms with E-state index in [4.69, 9.17) is 9.84 Å². The average Bonchev–Trinajstić information content (AvgIpc) is 3.30. The van der Waals surface area contributed by atoms with E-state index in [0.717, 1.165) is 9.80 Å². The molecule has 2 aliphatic rings. The van der Waals surface area contributed by atoms with Gasteiger partial charge >= 0.3 is 17.9 Å². The Labute approximate surface area is 232 Å². The number of likely N-dealkylation sites (tertiary alicyclic amines) is 2. The minimum Gasteiger partial charge on any atom is -1.00 e. The Morgan fingerprint density at radius 1 is 0.703 bits per heavy atom. The number of aliphatic hydroxyl groups is 1. The number of esters is 3. The summed E-state index contributed by atoms with van der Waals surface area (Å²) in [4.78, 5) is 78.4. The fourth-order valence-corrected chi connectivity index (χ4v) is 2.46. The van der Waals surface area contributed by atoms with E-state index in [-0.39, 0.29) is 97.9 Å². The quantitative estimate of drug-likeness (QED) is 0.1000. The predicted molar refractivity (Wildman–Crippen MR) is 125 cm³/mol. The Bertz CT molecular complexity index is 901. The summed E-state index contributed by atoms with van der Waals surface area (Å²) >= 11 is 0. The number of rotatable bonds is 8. The van der Waals surface area contributed by atoms with Crippen LogP contribution >= 0.6 is 0 Å². The highest BCUT2D eigenvalue weighted by atomic mass is 127. The van der Waals surface area contributed by atoms with E-state index in [9.17, 15) is 33.6 Å². The Balaban J connectivity index is 0. The molecule has 0 unspecified atom stereocenters. The van der Waals surface area contributed by atoms with Crippen LogP contribution in [0.5, 0.6) is 0 Å². The maximum atomic E-state index is 11.1. The molecule has 2 aliphatic heterocycles. The minimum atomic E-state index is -0.710. The Morgan fingerprint density at radius 3 is 1.32 bits per heavy atom. The molecule has 0 atom stereocenters. The second-order valence-electron chi connectivity index (χ2n) is 7.76. The number of ether oxygens (including phenoxy) is 2. The van der Waals surface area contributed by atoms with Crippen LogP contribution in [-0.4, -0.2) is 82.7 Å². The second-order valence-corrected chi connectivity index (χ2v) is 7.76. The van der Waals surface area contributed by atoms with Gasteiger partial charge in [0.15, 0.2) is 0 Å². The molecule has 37 heavy (non-hydrogen) atoms. The van der Waals surface area contributed by atoms with Crippen LogP contribution in [0.2, 0.25) is 0 Å². The highest BCUT2D eigenvalue weighted by Gasteiger charge is 2.29. The van der Waals surface area contributed by atoms with Gasteiger partial charge in [0, 0.05) is 42.4 Å². The molecule has 2 rings (SSSR count). The molecule has 2 fully saturated rings. The van der Waals surface area contributed by atoms with Gasteiger partial charge in [-0.05, 0) is 20.8 Å². The van der Waals surface area contributed by atoms with Gasteiger partial charge in [-0.25, -0.2) is 14.4 Å². The molecule has 0 bridgehead atoms. The molecule has 0 aliphatic carbocycles. The van der Waals surface area contributed by atoms with Gasteiger partial charge in [-0.2, -0.15) is 0 Å². The fourth-order valence-electron chi connectivity index (χ4n) is 2.46. The summed E-state index contributed by atoms with van der Waals surface area (Å²) < 4.78 is 9.07. The Kier molecular flexibility index (Phi) is 17.6. The molecule has 206 valence electrons. The van der Waals surface area contributed by atoms with Crippen molar-refractivity contribution in [1.29, 1.82) is 0 Å². The normalized spacial score (nSPS) is 13.9. The lowest BCUT2D eigenvalue weighted by atomic mass is 10.3. The van der Waals surface area contributed by atoms with Crippen molar-refractivity contribution in [2.75, 3.05) is 26.3 Å². The van der Waals surface area contributed by atoms with Crippen molar-refractivity contribution in [3.8, 4) is 0 Å². The van der Waals surface area contributed by atoms with Crippen LogP contribution in [0.15, 0.2) is 36.5 Å². The van der Waals surface area contributed by atoms with Crippen LogP contribution in [0.25, 0.3) is 0 Å². The zero-order valence-electron chi connectivity index (χ0n) is 21.2. The van der Waals surface area contributed by atoms with E-state index in [1.165, 1.54) is 20.8 Å². The van der Waals surface area contributed by atoms with Crippen LogP contribution in [0.1, 0.15) is 46.5 Å². The monoisotopic (exact) mass is 635 g/mol. The van der Waals surface area contributed by atoms with Crippen molar-refractivity contribution < 1.29 is 72.1 Å². The van der Waals surface area contributed by atoms with Crippen molar-refractivity contribution >= 4 is 41.5 Å². The van der Waals surface area contributed by atoms with Gasteiger partial charge in [0.05, 0.1) is 19.7 Å². The number of hydrogen-bond acceptors (Lipinski definition) is 10. The topological polar surface area (TPSA) is 165 Å². The minimum absolute atomic E-state index is 0. The highest BCUT2D eigenvalue weighted by Crippen LogP contribution is 2.11. The van der Waals surface area contributed by atoms with Gasteiger partial charge in [0.2, 0.25) is 23.6 Å². The molecule has 0 radical (unpaired) electrons. The number of hydrogen-bond donors (Lipinski definition) is 1. The number of carbonyl (C=O) groups excluding carboxylic acids is 7. The van der Waals surface area contributed by atoms with Crippen molar-refractivity contribution in [2.24, 2.45) is 0 Å². The van der Waals surface area contributed by atoms with Crippen molar-refractivity contribution in [3.63, 3.8) is 0 Å². The average molecular weight is 635 g/mol. The predicted octanol–water partition coefficient (Wildman–Crippen LogP) is -2.41. The van der Waals surface area contributed by atoms with Crippen molar-refractivity contribution in [2.45, 2.75) is 46.5 Å². The van der Waals surface area contributed by atoms with Gasteiger partial charge in [-0.15, -0.1) is 0 Å². The van der Waals surface area contributed by atoms with E-state index in [0.29, 0.717) is 18.4 Å². The molecule has 0 aromatic rings. The zero-order chi connectivity index (χ0) is 28.0. The number of amides is 4. The first-order chi connectivity index (χ1) is 16.7. The van der Waals surface area contributed by atoms with Crippen molar-refractivity contribution in [3.05, 3.63) is 36.5 Å². The van der Waals surface area contributed by atoms with E-state index in [2.05, 4.69) is 24.5 Å². The second kappa shape index (κ2) is 18.1. The molecule has 4 amide bonds. The van der Waals surface area contributed by atoms with Gasteiger partial charge in [-0.3, -0.25) is 29.0 Å². The first kappa shape index (κ1) is 36.0. The van der Waals surface area contributed by atoms with E-state index >= 15 is 0 Å². The molecular weight excluding hydrogens is 603 g/mol. The number of aliphatic hydroxyl groups excluding tert-OH is 1. The molecule has 0 aromatic heterocycles. The lowest BCUT2D eigenvalue weighted by Gasteiger charge is -2.13. The molecule has 0 saturated carbocycles. The van der Waals surface area contributed by atoms with Crippen LogP contribution in [0, 0.1) is 0 Å². The molecule has 0 spiro atoms. The lowest BCUT2D eigenvalue weighted by molar-refractivity contribution is -0.154. The molecule has 13 heteroatoms. The summed E-state index contributed by atoms with van der Waals surface area (Å²) in [6, 6.07) is 0. The van der Waals surface area contributed by atoms with E-state index in [1.54, 1.807) is 0 Å². The first-order valence-electron chi connectivity index (χ1n) is 10.9. The number of carbonyl (C=O) groups is 7. The first-order valence-corrected chi connectivity index (χ1v) is 10.9. The highest BCUT2D eigenvalue weighted by molar-refractivity contribution is 6.02. The molecule has 0 aromatic carbocycles. The maximum absolute atomic E-state index is 11.1. The van der Waals surface area contributed by atoms with Gasteiger partial charge in [-0.1, -0.05) is 19.7 Å².